The molecule has 2 aromatic rings. The van der Waals surface area contributed by atoms with Crippen molar-refractivity contribution < 1.29 is 4.79 Å². The van der Waals surface area contributed by atoms with Crippen molar-refractivity contribution in [2.75, 3.05) is 13.6 Å². The van der Waals surface area contributed by atoms with Crippen molar-refractivity contribution in [3.8, 4) is 11.4 Å². The second-order valence-corrected chi connectivity index (χ2v) is 7.22. The van der Waals surface area contributed by atoms with Crippen LogP contribution in [0.4, 0.5) is 0 Å². The van der Waals surface area contributed by atoms with Gasteiger partial charge in [-0.2, -0.15) is 0 Å². The number of primary amides is 1. The van der Waals surface area contributed by atoms with Gasteiger partial charge in [0.15, 0.2) is 0 Å². The number of rotatable bonds is 11. The maximum atomic E-state index is 11.3. The predicted octanol–water partition coefficient (Wildman–Crippen LogP) is 4.33. The maximum Gasteiger partial charge on any atom is 0.248 e. The lowest BCUT2D eigenvalue weighted by Crippen LogP contribution is -2.22. The van der Waals surface area contributed by atoms with Gasteiger partial charge in [-0.15, -0.1) is 0 Å². The van der Waals surface area contributed by atoms with Gasteiger partial charge >= 0.3 is 0 Å². The van der Waals surface area contributed by atoms with E-state index in [2.05, 4.69) is 42.2 Å². The summed E-state index contributed by atoms with van der Waals surface area (Å²) in [6, 6.07) is 10.3. The van der Waals surface area contributed by atoms with E-state index in [1.54, 1.807) is 19.1 Å². The van der Waals surface area contributed by atoms with Gasteiger partial charge in [0.25, 0.3) is 0 Å². The minimum absolute atomic E-state index is 0.432. The van der Waals surface area contributed by atoms with E-state index in [0.717, 1.165) is 42.9 Å². The summed E-state index contributed by atoms with van der Waals surface area (Å²) in [5, 5.41) is 0. The van der Waals surface area contributed by atoms with Crippen LogP contribution in [0.25, 0.3) is 11.4 Å². The van der Waals surface area contributed by atoms with Crippen LogP contribution in [0, 0.1) is 0 Å². The standard InChI is InChI=1S/C24H32N4O/c1-5-7-15-28-22(16-26-24(28)21-11-9-8-10-12-21)18-27(4)17-19(3)13-14-20(6-2)23(25)29/h6,8-14,16H,3,5,7,15,17-18H2,1-2,4H3,(H2,25,29)/b14-13-,20-6+. The first-order valence-electron chi connectivity index (χ1n) is 10.1. The van der Waals surface area contributed by atoms with Crippen molar-refractivity contribution in [2.45, 2.75) is 39.8 Å². The fourth-order valence-electron chi connectivity index (χ4n) is 3.18. The van der Waals surface area contributed by atoms with E-state index in [4.69, 9.17) is 10.7 Å². The molecule has 29 heavy (non-hydrogen) atoms. The summed E-state index contributed by atoms with van der Waals surface area (Å²) in [5.74, 6) is 0.582. The molecule has 0 spiro atoms. The minimum atomic E-state index is -0.432. The van der Waals surface area contributed by atoms with Crippen LogP contribution in [0.2, 0.25) is 0 Å². The molecule has 0 atom stereocenters. The normalized spacial score (nSPS) is 12.1. The van der Waals surface area contributed by atoms with Gasteiger partial charge in [-0.05, 0) is 32.0 Å². The molecule has 0 bridgehead atoms. The number of unbranched alkanes of at least 4 members (excludes halogenated alkanes) is 1. The van der Waals surface area contributed by atoms with Gasteiger partial charge in [0.2, 0.25) is 5.91 Å². The number of benzene rings is 1. The molecule has 2 rings (SSSR count). The minimum Gasteiger partial charge on any atom is -0.366 e. The molecule has 154 valence electrons. The van der Waals surface area contributed by atoms with Crippen LogP contribution in [0.1, 0.15) is 32.4 Å². The van der Waals surface area contributed by atoms with Crippen molar-refractivity contribution >= 4 is 5.91 Å². The van der Waals surface area contributed by atoms with Crippen LogP contribution >= 0.6 is 0 Å². The quantitative estimate of drug-likeness (QED) is 0.457. The Hall–Kier alpha value is -2.92. The molecule has 1 aromatic heterocycles. The summed E-state index contributed by atoms with van der Waals surface area (Å²) in [4.78, 5) is 18.2. The Morgan fingerprint density at radius 2 is 2.00 bits per heavy atom. The van der Waals surface area contributed by atoms with Crippen LogP contribution < -0.4 is 5.73 Å². The van der Waals surface area contributed by atoms with Crippen molar-refractivity contribution in [1.82, 2.24) is 14.5 Å². The number of nitrogens with two attached hydrogens (primary N) is 1. The highest BCUT2D eigenvalue weighted by Gasteiger charge is 2.13. The van der Waals surface area contributed by atoms with E-state index in [1.165, 1.54) is 5.69 Å². The molecular formula is C24H32N4O. The first-order chi connectivity index (χ1) is 14.0. The first kappa shape index (κ1) is 22.4. The number of imidazole rings is 1. The molecule has 2 N–H and O–H groups in total. The van der Waals surface area contributed by atoms with E-state index in [1.807, 2.05) is 30.5 Å². The topological polar surface area (TPSA) is 64.2 Å². The Balaban J connectivity index is 2.10. The van der Waals surface area contributed by atoms with E-state index in [0.29, 0.717) is 12.1 Å². The van der Waals surface area contributed by atoms with Crippen LogP contribution in [-0.4, -0.2) is 34.0 Å². The molecule has 1 heterocycles. The lowest BCUT2D eigenvalue weighted by Gasteiger charge is -2.19. The second-order valence-electron chi connectivity index (χ2n) is 7.22. The summed E-state index contributed by atoms with van der Waals surface area (Å²) in [6.07, 6.45) is 9.49. The predicted molar refractivity (Wildman–Crippen MR) is 120 cm³/mol. The summed E-state index contributed by atoms with van der Waals surface area (Å²) in [7, 11) is 2.06. The molecule has 5 nitrogen and oxygen atoms in total. The Morgan fingerprint density at radius 3 is 2.62 bits per heavy atom. The summed E-state index contributed by atoms with van der Waals surface area (Å²) in [6.45, 7) is 10.5. The average Bonchev–Trinajstić information content (AvgIpc) is 3.09. The van der Waals surface area contributed by atoms with E-state index in [9.17, 15) is 4.79 Å². The molecule has 1 aromatic carbocycles. The number of allylic oxidation sites excluding steroid dienone is 1. The number of amides is 1. The molecule has 0 saturated heterocycles. The molecule has 0 fully saturated rings. The van der Waals surface area contributed by atoms with Crippen molar-refractivity contribution in [3.63, 3.8) is 0 Å². The van der Waals surface area contributed by atoms with Gasteiger partial charge in [0, 0.05) is 30.8 Å². The van der Waals surface area contributed by atoms with Crippen molar-refractivity contribution in [1.29, 1.82) is 0 Å². The highest BCUT2D eigenvalue weighted by molar-refractivity contribution is 5.94. The number of hydrogen-bond donors (Lipinski definition) is 1. The van der Waals surface area contributed by atoms with Gasteiger partial charge in [-0.25, -0.2) is 4.98 Å². The lowest BCUT2D eigenvalue weighted by atomic mass is 10.1. The Kier molecular flexibility index (Phi) is 8.62. The smallest absolute Gasteiger partial charge is 0.248 e. The lowest BCUT2D eigenvalue weighted by molar-refractivity contribution is -0.114. The Labute approximate surface area is 174 Å². The number of nitrogens with zero attached hydrogens (tertiary/aromatic N) is 3. The fourth-order valence-corrected chi connectivity index (χ4v) is 3.18. The third-order valence-corrected chi connectivity index (χ3v) is 4.70. The van der Waals surface area contributed by atoms with Crippen LogP contribution in [0.3, 0.4) is 0 Å². The number of hydrogen-bond acceptors (Lipinski definition) is 3. The van der Waals surface area contributed by atoms with Crippen LogP contribution in [0.15, 0.2) is 72.5 Å². The van der Waals surface area contributed by atoms with Gasteiger partial charge in [0.1, 0.15) is 5.82 Å². The molecule has 0 saturated carbocycles. The fraction of sp³-hybridized carbons (Fsp3) is 0.333. The van der Waals surface area contributed by atoms with Gasteiger partial charge in [-0.3, -0.25) is 9.69 Å². The molecule has 1 amide bonds. The van der Waals surface area contributed by atoms with Crippen LogP contribution in [0.5, 0.6) is 0 Å². The monoisotopic (exact) mass is 392 g/mol. The molecule has 0 aliphatic heterocycles. The maximum absolute atomic E-state index is 11.3. The summed E-state index contributed by atoms with van der Waals surface area (Å²) in [5.41, 5.74) is 9.05. The molecule has 0 unspecified atom stereocenters. The van der Waals surface area contributed by atoms with Gasteiger partial charge in [-0.1, -0.05) is 62.4 Å². The van der Waals surface area contributed by atoms with Gasteiger partial charge in [0.05, 0.1) is 11.9 Å². The highest BCUT2D eigenvalue weighted by atomic mass is 16.1. The second kappa shape index (κ2) is 11.2. The van der Waals surface area contributed by atoms with E-state index >= 15 is 0 Å². The first-order valence-corrected chi connectivity index (χ1v) is 10.1. The van der Waals surface area contributed by atoms with E-state index in [-0.39, 0.29) is 0 Å². The Morgan fingerprint density at radius 1 is 1.28 bits per heavy atom. The molecular weight excluding hydrogens is 360 g/mol. The van der Waals surface area contributed by atoms with E-state index < -0.39 is 5.91 Å². The molecule has 5 heteroatoms. The number of carbonyl (C=O) groups is 1. The summed E-state index contributed by atoms with van der Waals surface area (Å²) >= 11 is 0. The molecule has 0 aliphatic carbocycles. The number of likely N-dealkylation sites (N-methyl/N-ethyl adjacent to an activating group) is 1. The summed E-state index contributed by atoms with van der Waals surface area (Å²) < 4.78 is 2.32. The zero-order valence-corrected chi connectivity index (χ0v) is 17.8. The van der Waals surface area contributed by atoms with Crippen molar-refractivity contribution in [3.05, 3.63) is 78.2 Å². The average molecular weight is 393 g/mol. The highest BCUT2D eigenvalue weighted by Crippen LogP contribution is 2.21. The third-order valence-electron chi connectivity index (χ3n) is 4.70. The third kappa shape index (κ3) is 6.57. The van der Waals surface area contributed by atoms with Gasteiger partial charge < -0.3 is 10.3 Å². The van der Waals surface area contributed by atoms with Crippen LogP contribution in [-0.2, 0) is 17.9 Å². The SMILES string of the molecule is C=C(/C=C\C(=C/C)C(N)=O)CN(C)Cc1cnc(-c2ccccc2)n1CCCC. The Bertz CT molecular complexity index is 878. The largest absolute Gasteiger partial charge is 0.366 e. The zero-order valence-electron chi connectivity index (χ0n) is 17.8. The molecule has 0 aliphatic rings. The molecule has 0 radical (unpaired) electrons. The number of carbonyl (C=O) groups excluding carboxylic acids is 1. The zero-order chi connectivity index (χ0) is 21.2. The van der Waals surface area contributed by atoms with Crippen molar-refractivity contribution in [2.24, 2.45) is 5.73 Å². The number of aromatic nitrogens is 2.